The van der Waals surface area contributed by atoms with Crippen molar-refractivity contribution in [1.29, 1.82) is 0 Å². The zero-order chi connectivity index (χ0) is 49.6. The van der Waals surface area contributed by atoms with Crippen LogP contribution in [0.25, 0.3) is 111 Å². The van der Waals surface area contributed by atoms with Crippen LogP contribution in [0.4, 0.5) is 11.4 Å². The van der Waals surface area contributed by atoms with E-state index in [-0.39, 0.29) is 0 Å². The smallest absolute Gasteiger partial charge is 0.344 e. The molecule has 11 heteroatoms. The maximum Gasteiger partial charge on any atom is 0.344 e. The van der Waals surface area contributed by atoms with Crippen LogP contribution in [0.5, 0.6) is 0 Å². The standard InChI is InChI=1S/C61H49N5O6/c1-6-65(7-2)46-28-25-43-32-49(59(67)71-52(43)34-46)38-17-21-40(22-18-38)56-62-57(41-23-19-39(20-24-41)54-36(5)55-48-16-11-10-13-37(48)27-30-51(55)70-61(54)69)64-58(63-56)45-15-12-14-42(31-45)50-33-44-26-29-47(66(8-3)9-4)35-53(44)72-60(50)68/h10-35H,6-9H2,1-5H3. The highest BCUT2D eigenvalue weighted by atomic mass is 16.4. The molecule has 72 heavy (non-hydrogen) atoms. The molecule has 11 rings (SSSR count). The first kappa shape index (κ1) is 45.5. The number of hydrogen-bond acceptors (Lipinski definition) is 11. The first-order valence-corrected chi connectivity index (χ1v) is 24.3. The number of fused-ring (bicyclic) bond motifs is 5. The SMILES string of the molecule is CCN(CC)c1ccc2cc(-c3ccc(-c4nc(-c5ccc(-c6c(C)c7c(ccc8ccccc87)oc6=O)cc5)nc(-c5cccc(-c6cc7ccc(N(CC)CC)cc7oc6=O)c5)n4)cc3)c(=O)oc2c1. The van der Waals surface area contributed by atoms with E-state index in [0.29, 0.717) is 84.3 Å². The fourth-order valence-corrected chi connectivity index (χ4v) is 9.83. The summed E-state index contributed by atoms with van der Waals surface area (Å²) in [5.74, 6) is 1.14. The summed E-state index contributed by atoms with van der Waals surface area (Å²) < 4.78 is 17.7. The third-order valence-corrected chi connectivity index (χ3v) is 13.7. The lowest BCUT2D eigenvalue weighted by molar-refractivity contribution is 0.562. The number of hydrogen-bond donors (Lipinski definition) is 0. The van der Waals surface area contributed by atoms with E-state index in [2.05, 4.69) is 37.5 Å². The number of rotatable bonds is 12. The molecule has 0 aliphatic heterocycles. The Kier molecular flexibility index (Phi) is 11.8. The van der Waals surface area contributed by atoms with Crippen LogP contribution in [0.15, 0.2) is 185 Å². The molecule has 0 bridgehead atoms. The molecule has 4 aromatic heterocycles. The van der Waals surface area contributed by atoms with Gasteiger partial charge in [-0.1, -0.05) is 97.1 Å². The Morgan fingerprint density at radius 2 is 0.875 bits per heavy atom. The Morgan fingerprint density at radius 1 is 0.403 bits per heavy atom. The molecule has 354 valence electrons. The number of benzene rings is 7. The lowest BCUT2D eigenvalue weighted by atomic mass is 9.95. The molecular weight excluding hydrogens is 899 g/mol. The van der Waals surface area contributed by atoms with Crippen LogP contribution in [0.3, 0.4) is 0 Å². The molecule has 11 aromatic rings. The van der Waals surface area contributed by atoms with E-state index in [1.165, 1.54) is 0 Å². The molecule has 0 aliphatic rings. The van der Waals surface area contributed by atoms with Crippen molar-refractivity contribution >= 4 is 55.1 Å². The molecule has 0 aliphatic carbocycles. The summed E-state index contributed by atoms with van der Waals surface area (Å²) >= 11 is 0. The average molecular weight is 948 g/mol. The van der Waals surface area contributed by atoms with Gasteiger partial charge in [-0.3, -0.25) is 0 Å². The van der Waals surface area contributed by atoms with Crippen LogP contribution in [0, 0.1) is 6.92 Å². The second kappa shape index (κ2) is 18.7. The largest absolute Gasteiger partial charge is 0.422 e. The molecule has 0 atom stereocenters. The number of anilines is 2. The minimum absolute atomic E-state index is 0.371. The van der Waals surface area contributed by atoms with E-state index in [4.69, 9.17) is 28.2 Å². The minimum atomic E-state index is -0.456. The van der Waals surface area contributed by atoms with Crippen molar-refractivity contribution in [2.45, 2.75) is 34.6 Å². The highest BCUT2D eigenvalue weighted by Gasteiger charge is 2.19. The molecule has 0 saturated carbocycles. The van der Waals surface area contributed by atoms with E-state index >= 15 is 0 Å². The van der Waals surface area contributed by atoms with Gasteiger partial charge in [-0.25, -0.2) is 29.3 Å². The Balaban J connectivity index is 0.994. The molecule has 0 N–H and O–H groups in total. The van der Waals surface area contributed by atoms with Crippen LogP contribution in [-0.2, 0) is 0 Å². The zero-order valence-electron chi connectivity index (χ0n) is 40.5. The Hall–Kier alpha value is -8.96. The van der Waals surface area contributed by atoms with Crippen LogP contribution in [-0.4, -0.2) is 41.1 Å². The average Bonchev–Trinajstić information content (AvgIpc) is 3.41. The van der Waals surface area contributed by atoms with E-state index in [1.807, 2.05) is 165 Å². The van der Waals surface area contributed by atoms with Crippen molar-refractivity contribution < 1.29 is 13.3 Å². The molecule has 7 aromatic carbocycles. The molecule has 0 unspecified atom stereocenters. The highest BCUT2D eigenvalue weighted by Crippen LogP contribution is 2.35. The predicted octanol–water partition coefficient (Wildman–Crippen LogP) is 13.3. The fraction of sp³-hybridized carbons (Fsp3) is 0.148. The second-order valence-corrected chi connectivity index (χ2v) is 17.8. The Bertz CT molecular complexity index is 4080. The summed E-state index contributed by atoms with van der Waals surface area (Å²) in [6, 6.07) is 50.0. The second-order valence-electron chi connectivity index (χ2n) is 17.8. The number of nitrogens with zero attached hydrogens (tertiary/aromatic N) is 5. The van der Waals surface area contributed by atoms with Crippen molar-refractivity contribution in [3.63, 3.8) is 0 Å². The summed E-state index contributed by atoms with van der Waals surface area (Å²) in [5, 5.41) is 4.58. The van der Waals surface area contributed by atoms with Gasteiger partial charge in [0.15, 0.2) is 17.5 Å². The first-order chi connectivity index (χ1) is 35.1. The summed E-state index contributed by atoms with van der Waals surface area (Å²) in [5.41, 5.74) is 8.43. The van der Waals surface area contributed by atoms with Crippen molar-refractivity contribution in [2.75, 3.05) is 36.0 Å². The fourth-order valence-electron chi connectivity index (χ4n) is 9.83. The molecule has 0 radical (unpaired) electrons. The number of aryl methyl sites for hydroxylation is 1. The maximum absolute atomic E-state index is 13.7. The lowest BCUT2D eigenvalue weighted by Gasteiger charge is -2.21. The molecule has 4 heterocycles. The Labute approximate surface area is 414 Å². The predicted molar refractivity (Wildman–Crippen MR) is 290 cm³/mol. The summed E-state index contributed by atoms with van der Waals surface area (Å²) in [4.78, 5) is 60.3. The molecular formula is C61H49N5O6. The maximum atomic E-state index is 13.7. The summed E-state index contributed by atoms with van der Waals surface area (Å²) in [7, 11) is 0. The third-order valence-electron chi connectivity index (χ3n) is 13.7. The zero-order valence-corrected chi connectivity index (χ0v) is 40.5. The van der Waals surface area contributed by atoms with Gasteiger partial charge in [0.2, 0.25) is 0 Å². The van der Waals surface area contributed by atoms with Crippen molar-refractivity contribution in [2.24, 2.45) is 0 Å². The monoisotopic (exact) mass is 947 g/mol. The van der Waals surface area contributed by atoms with Gasteiger partial charge in [-0.15, -0.1) is 0 Å². The summed E-state index contributed by atoms with van der Waals surface area (Å²) in [6.07, 6.45) is 0. The molecule has 0 amide bonds. The van der Waals surface area contributed by atoms with Crippen LogP contribution in [0.1, 0.15) is 33.3 Å². The van der Waals surface area contributed by atoms with Crippen molar-refractivity contribution in [3.05, 3.63) is 195 Å². The van der Waals surface area contributed by atoms with Gasteiger partial charge in [0.25, 0.3) is 0 Å². The summed E-state index contributed by atoms with van der Waals surface area (Å²) in [6.45, 7) is 13.7. The van der Waals surface area contributed by atoms with E-state index in [1.54, 1.807) is 0 Å². The van der Waals surface area contributed by atoms with Crippen molar-refractivity contribution in [1.82, 2.24) is 15.0 Å². The normalized spacial score (nSPS) is 11.5. The molecule has 11 nitrogen and oxygen atoms in total. The van der Waals surface area contributed by atoms with Crippen molar-refractivity contribution in [3.8, 4) is 67.5 Å². The topological polar surface area (TPSA) is 136 Å². The quantitative estimate of drug-likeness (QED) is 0.0855. The third kappa shape index (κ3) is 8.28. The van der Waals surface area contributed by atoms with Gasteiger partial charge in [0, 0.05) is 82.5 Å². The Morgan fingerprint density at radius 3 is 1.44 bits per heavy atom. The van der Waals surface area contributed by atoms with Crippen LogP contribution in [0.2, 0.25) is 0 Å². The lowest BCUT2D eigenvalue weighted by Crippen LogP contribution is -2.21. The minimum Gasteiger partial charge on any atom is -0.422 e. The van der Waals surface area contributed by atoms with E-state index < -0.39 is 16.9 Å². The first-order valence-electron chi connectivity index (χ1n) is 24.3. The van der Waals surface area contributed by atoms with E-state index in [0.717, 1.165) is 70.0 Å². The van der Waals surface area contributed by atoms with Crippen LogP contribution < -0.4 is 26.7 Å². The number of aromatic nitrogens is 3. The van der Waals surface area contributed by atoms with Gasteiger partial charge in [-0.2, -0.15) is 0 Å². The van der Waals surface area contributed by atoms with Gasteiger partial charge in [0.1, 0.15) is 16.7 Å². The van der Waals surface area contributed by atoms with Gasteiger partial charge in [0.05, 0.1) is 16.7 Å². The van der Waals surface area contributed by atoms with Crippen LogP contribution >= 0.6 is 0 Å². The molecule has 0 saturated heterocycles. The molecule has 0 fully saturated rings. The van der Waals surface area contributed by atoms with Gasteiger partial charge < -0.3 is 23.1 Å². The van der Waals surface area contributed by atoms with Gasteiger partial charge >= 0.3 is 16.9 Å². The van der Waals surface area contributed by atoms with Gasteiger partial charge in [-0.05, 0) is 116 Å². The molecule has 0 spiro atoms. The van der Waals surface area contributed by atoms with E-state index in [9.17, 15) is 14.4 Å². The highest BCUT2D eigenvalue weighted by molar-refractivity contribution is 6.08.